The van der Waals surface area contributed by atoms with Gasteiger partial charge in [-0.1, -0.05) is 61.0 Å². The third-order valence-electron chi connectivity index (χ3n) is 5.14. The van der Waals surface area contributed by atoms with E-state index in [0.29, 0.717) is 6.61 Å². The van der Waals surface area contributed by atoms with Gasteiger partial charge in [-0.05, 0) is 79.5 Å². The van der Waals surface area contributed by atoms with E-state index in [4.69, 9.17) is 4.74 Å². The van der Waals surface area contributed by atoms with E-state index in [-0.39, 0.29) is 5.82 Å². The summed E-state index contributed by atoms with van der Waals surface area (Å²) in [5, 5.41) is 0. The number of rotatable bonds is 8. The van der Waals surface area contributed by atoms with Crippen LogP contribution in [0.5, 0.6) is 5.75 Å². The maximum Gasteiger partial charge on any atom is 0.123 e. The first kappa shape index (κ1) is 21.8. The fourth-order valence-electron chi connectivity index (χ4n) is 3.48. The lowest BCUT2D eigenvalue weighted by Gasteiger charge is -2.17. The number of hydrogen-bond donors (Lipinski definition) is 0. The Hall–Kier alpha value is -2.91. The van der Waals surface area contributed by atoms with Crippen LogP contribution in [0.3, 0.4) is 0 Å². The van der Waals surface area contributed by atoms with E-state index < -0.39 is 0 Å². The molecule has 0 heterocycles. The second kappa shape index (κ2) is 10.2. The zero-order chi connectivity index (χ0) is 21.5. The Labute approximate surface area is 179 Å². The predicted molar refractivity (Wildman–Crippen MR) is 124 cm³/mol. The van der Waals surface area contributed by atoms with Crippen LogP contribution in [-0.4, -0.2) is 32.1 Å². The second-order valence-corrected chi connectivity index (χ2v) is 7.76. The summed E-state index contributed by atoms with van der Waals surface area (Å²) >= 11 is 0. The Bertz CT molecular complexity index is 971. The number of benzene rings is 3. The first-order valence-corrected chi connectivity index (χ1v) is 10.4. The van der Waals surface area contributed by atoms with Crippen molar-refractivity contribution in [3.8, 4) is 5.75 Å². The first-order chi connectivity index (χ1) is 14.5. The van der Waals surface area contributed by atoms with Crippen LogP contribution in [0.4, 0.5) is 4.39 Å². The Morgan fingerprint density at radius 1 is 0.800 bits per heavy atom. The van der Waals surface area contributed by atoms with Gasteiger partial charge in [-0.25, -0.2) is 4.39 Å². The molecule has 0 unspecified atom stereocenters. The summed E-state index contributed by atoms with van der Waals surface area (Å²) in [4.78, 5) is 2.10. The van der Waals surface area contributed by atoms with Crippen molar-refractivity contribution in [2.45, 2.75) is 20.3 Å². The van der Waals surface area contributed by atoms with E-state index >= 15 is 0 Å². The number of allylic oxidation sites excluding steroid dienone is 1. The van der Waals surface area contributed by atoms with Crippen molar-refractivity contribution in [2.24, 2.45) is 0 Å². The van der Waals surface area contributed by atoms with Crippen LogP contribution in [0.15, 0.2) is 72.8 Å². The van der Waals surface area contributed by atoms with Gasteiger partial charge in [-0.15, -0.1) is 0 Å². The van der Waals surface area contributed by atoms with Gasteiger partial charge in [0.1, 0.15) is 18.2 Å². The molecule has 0 aliphatic heterocycles. The number of hydrogen-bond acceptors (Lipinski definition) is 2. The molecule has 0 aromatic heterocycles. The first-order valence-electron chi connectivity index (χ1n) is 10.4. The molecule has 0 amide bonds. The molecule has 3 heteroatoms. The SMILES string of the molecule is CC/C(=C(\c1ccc(F)cc1)c1ccc(OCCN(C)C)cc1)c1ccc(C)cc1. The third-order valence-corrected chi connectivity index (χ3v) is 5.14. The minimum atomic E-state index is -0.226. The molecule has 0 spiro atoms. The van der Waals surface area contributed by atoms with Crippen LogP contribution in [-0.2, 0) is 0 Å². The summed E-state index contributed by atoms with van der Waals surface area (Å²) < 4.78 is 19.4. The molecule has 0 bridgehead atoms. The average Bonchev–Trinajstić information content (AvgIpc) is 2.74. The molecule has 0 aliphatic rings. The molecule has 3 aromatic carbocycles. The van der Waals surface area contributed by atoms with Crippen LogP contribution in [0.1, 0.15) is 35.6 Å². The highest BCUT2D eigenvalue weighted by Gasteiger charge is 2.13. The highest BCUT2D eigenvalue weighted by molar-refractivity contribution is 5.98. The van der Waals surface area contributed by atoms with E-state index in [0.717, 1.165) is 35.4 Å². The standard InChI is InChI=1S/C27H30FNO/c1-5-26(21-8-6-20(2)7-9-21)27(22-10-14-24(28)15-11-22)23-12-16-25(17-13-23)30-19-18-29(3)4/h6-17H,5,18-19H2,1-4H3/b27-26-. The highest BCUT2D eigenvalue weighted by Crippen LogP contribution is 2.35. The number of nitrogens with zero attached hydrogens (tertiary/aromatic N) is 1. The van der Waals surface area contributed by atoms with Crippen LogP contribution in [0, 0.1) is 12.7 Å². The van der Waals surface area contributed by atoms with E-state index in [1.807, 2.05) is 38.4 Å². The van der Waals surface area contributed by atoms with Crippen molar-refractivity contribution < 1.29 is 9.13 Å². The van der Waals surface area contributed by atoms with Gasteiger partial charge in [0, 0.05) is 6.54 Å². The number of aryl methyl sites for hydroxylation is 1. The minimum Gasteiger partial charge on any atom is -0.492 e. The van der Waals surface area contributed by atoms with Gasteiger partial charge in [-0.2, -0.15) is 0 Å². The molecule has 3 aromatic rings. The van der Waals surface area contributed by atoms with E-state index in [2.05, 4.69) is 55.1 Å². The minimum absolute atomic E-state index is 0.226. The van der Waals surface area contributed by atoms with Crippen LogP contribution in [0.25, 0.3) is 11.1 Å². The maximum absolute atomic E-state index is 13.6. The van der Waals surface area contributed by atoms with Gasteiger partial charge in [-0.3, -0.25) is 0 Å². The lowest BCUT2D eigenvalue weighted by atomic mass is 9.88. The van der Waals surface area contributed by atoms with Crippen molar-refractivity contribution >= 4 is 11.1 Å². The summed E-state index contributed by atoms with van der Waals surface area (Å²) in [7, 11) is 4.06. The Morgan fingerprint density at radius 3 is 1.87 bits per heavy atom. The molecule has 0 saturated heterocycles. The molecule has 0 N–H and O–H groups in total. The number of halogens is 1. The predicted octanol–water partition coefficient (Wildman–Crippen LogP) is 6.44. The molecule has 156 valence electrons. The van der Waals surface area contributed by atoms with Gasteiger partial charge in [0.2, 0.25) is 0 Å². The topological polar surface area (TPSA) is 12.5 Å². The monoisotopic (exact) mass is 403 g/mol. The van der Waals surface area contributed by atoms with E-state index in [9.17, 15) is 4.39 Å². The lowest BCUT2D eigenvalue weighted by molar-refractivity contribution is 0.261. The number of ether oxygens (including phenoxy) is 1. The van der Waals surface area contributed by atoms with Crippen molar-refractivity contribution in [1.82, 2.24) is 4.90 Å². The zero-order valence-electron chi connectivity index (χ0n) is 18.3. The van der Waals surface area contributed by atoms with Gasteiger partial charge in [0.05, 0.1) is 0 Å². The average molecular weight is 404 g/mol. The fraction of sp³-hybridized carbons (Fsp3) is 0.259. The molecule has 2 nitrogen and oxygen atoms in total. The highest BCUT2D eigenvalue weighted by atomic mass is 19.1. The maximum atomic E-state index is 13.6. The van der Waals surface area contributed by atoms with Gasteiger partial charge >= 0.3 is 0 Å². The molecule has 0 saturated carbocycles. The molecule has 0 aliphatic carbocycles. The lowest BCUT2D eigenvalue weighted by Crippen LogP contribution is -2.19. The molecule has 30 heavy (non-hydrogen) atoms. The third kappa shape index (κ3) is 5.58. The van der Waals surface area contributed by atoms with Gasteiger partial charge in [0.15, 0.2) is 0 Å². The largest absolute Gasteiger partial charge is 0.492 e. The van der Waals surface area contributed by atoms with Crippen molar-refractivity contribution in [1.29, 1.82) is 0 Å². The van der Waals surface area contributed by atoms with Gasteiger partial charge in [0.25, 0.3) is 0 Å². The van der Waals surface area contributed by atoms with E-state index in [1.54, 1.807) is 0 Å². The molecular formula is C27H30FNO. The van der Waals surface area contributed by atoms with Crippen molar-refractivity contribution in [2.75, 3.05) is 27.2 Å². The Morgan fingerprint density at radius 2 is 1.33 bits per heavy atom. The van der Waals surface area contributed by atoms with Crippen LogP contribution in [0.2, 0.25) is 0 Å². The zero-order valence-corrected chi connectivity index (χ0v) is 18.3. The quantitative estimate of drug-likeness (QED) is 0.401. The van der Waals surface area contributed by atoms with Crippen molar-refractivity contribution in [3.05, 3.63) is 101 Å². The molecule has 3 rings (SSSR count). The van der Waals surface area contributed by atoms with Gasteiger partial charge < -0.3 is 9.64 Å². The summed E-state index contributed by atoms with van der Waals surface area (Å²) in [6.45, 7) is 5.78. The molecular weight excluding hydrogens is 373 g/mol. The van der Waals surface area contributed by atoms with Crippen molar-refractivity contribution in [3.63, 3.8) is 0 Å². The Balaban J connectivity index is 2.03. The normalized spacial score (nSPS) is 12.1. The molecule has 0 radical (unpaired) electrons. The van der Waals surface area contributed by atoms with Crippen LogP contribution < -0.4 is 4.74 Å². The molecule has 0 fully saturated rings. The fourth-order valence-corrected chi connectivity index (χ4v) is 3.48. The van der Waals surface area contributed by atoms with E-state index in [1.165, 1.54) is 28.8 Å². The Kier molecular flexibility index (Phi) is 7.42. The summed E-state index contributed by atoms with van der Waals surface area (Å²) in [5.41, 5.74) is 6.89. The summed E-state index contributed by atoms with van der Waals surface area (Å²) in [5.74, 6) is 0.628. The number of likely N-dealkylation sites (N-methyl/N-ethyl adjacent to an activating group) is 1. The summed E-state index contributed by atoms with van der Waals surface area (Å²) in [6.07, 6.45) is 0.872. The molecule has 0 atom stereocenters. The second-order valence-electron chi connectivity index (χ2n) is 7.76. The smallest absolute Gasteiger partial charge is 0.123 e. The van der Waals surface area contributed by atoms with Crippen LogP contribution >= 0.6 is 0 Å². The summed E-state index contributed by atoms with van der Waals surface area (Å²) in [6, 6.07) is 23.6.